The van der Waals surface area contributed by atoms with E-state index in [1.165, 1.54) is 11.5 Å². The third-order valence-corrected chi connectivity index (χ3v) is 3.13. The predicted octanol–water partition coefficient (Wildman–Crippen LogP) is 2.14. The molecule has 1 atom stereocenters. The molecule has 0 aromatic carbocycles. The molecule has 0 radical (unpaired) electrons. The SMILES string of the molecule is CC(C)c1nnsc1C(O)c1cccnc1. The summed E-state index contributed by atoms with van der Waals surface area (Å²) >= 11 is 1.24. The molecule has 0 saturated carbocycles. The topological polar surface area (TPSA) is 58.9 Å². The van der Waals surface area contributed by atoms with Gasteiger partial charge in [0.1, 0.15) is 6.10 Å². The fourth-order valence-corrected chi connectivity index (χ4v) is 2.31. The summed E-state index contributed by atoms with van der Waals surface area (Å²) in [4.78, 5) is 4.80. The van der Waals surface area contributed by atoms with E-state index >= 15 is 0 Å². The first-order valence-electron chi connectivity index (χ1n) is 5.10. The van der Waals surface area contributed by atoms with Crippen molar-refractivity contribution >= 4 is 11.5 Å². The summed E-state index contributed by atoms with van der Waals surface area (Å²) in [6, 6.07) is 3.66. The molecule has 0 amide bonds. The van der Waals surface area contributed by atoms with Crippen LogP contribution in [0.4, 0.5) is 0 Å². The van der Waals surface area contributed by atoms with E-state index in [4.69, 9.17) is 0 Å². The largest absolute Gasteiger partial charge is 0.383 e. The zero-order valence-electron chi connectivity index (χ0n) is 9.16. The molecule has 0 aliphatic heterocycles. The normalized spacial score (nSPS) is 13.0. The van der Waals surface area contributed by atoms with Crippen LogP contribution in [0.5, 0.6) is 0 Å². The molecule has 1 unspecified atom stereocenters. The first-order chi connectivity index (χ1) is 7.70. The molecular formula is C11H13N3OS. The molecular weight excluding hydrogens is 222 g/mol. The van der Waals surface area contributed by atoms with E-state index in [9.17, 15) is 5.11 Å². The molecule has 2 rings (SSSR count). The minimum absolute atomic E-state index is 0.264. The van der Waals surface area contributed by atoms with E-state index in [0.717, 1.165) is 16.1 Å². The number of aliphatic hydroxyl groups is 1. The Labute approximate surface area is 98.2 Å². The number of rotatable bonds is 3. The summed E-state index contributed by atoms with van der Waals surface area (Å²) in [6.45, 7) is 4.08. The Morgan fingerprint density at radius 1 is 1.38 bits per heavy atom. The molecule has 5 heteroatoms. The third-order valence-electron chi connectivity index (χ3n) is 2.34. The molecule has 2 aromatic rings. The summed E-state index contributed by atoms with van der Waals surface area (Å²) in [6.07, 6.45) is 2.67. The summed E-state index contributed by atoms with van der Waals surface area (Å²) < 4.78 is 3.90. The second-order valence-electron chi connectivity index (χ2n) is 3.87. The van der Waals surface area contributed by atoms with Gasteiger partial charge in [-0.05, 0) is 23.5 Å². The van der Waals surface area contributed by atoms with Gasteiger partial charge in [0.2, 0.25) is 0 Å². The van der Waals surface area contributed by atoms with Crippen LogP contribution in [-0.2, 0) is 0 Å². The number of nitrogens with zero attached hydrogens (tertiary/aromatic N) is 3. The van der Waals surface area contributed by atoms with Crippen molar-refractivity contribution in [3.05, 3.63) is 40.7 Å². The number of hydrogen-bond acceptors (Lipinski definition) is 5. The summed E-state index contributed by atoms with van der Waals surface area (Å²) in [5.41, 5.74) is 1.64. The third kappa shape index (κ3) is 2.10. The molecule has 2 heterocycles. The highest BCUT2D eigenvalue weighted by Crippen LogP contribution is 2.29. The van der Waals surface area contributed by atoms with Crippen LogP contribution in [0.15, 0.2) is 24.5 Å². The quantitative estimate of drug-likeness (QED) is 0.885. The van der Waals surface area contributed by atoms with Gasteiger partial charge in [-0.3, -0.25) is 4.98 Å². The second kappa shape index (κ2) is 4.67. The standard InChI is InChI=1S/C11H13N3OS/c1-7(2)9-11(16-14-13-9)10(15)8-4-3-5-12-6-8/h3-7,10,15H,1-2H3. The van der Waals surface area contributed by atoms with Crippen molar-refractivity contribution in [3.63, 3.8) is 0 Å². The molecule has 0 aliphatic carbocycles. The van der Waals surface area contributed by atoms with E-state index < -0.39 is 6.10 Å². The number of pyridine rings is 1. The Balaban J connectivity index is 2.34. The Bertz CT molecular complexity index is 455. The highest BCUT2D eigenvalue weighted by atomic mass is 32.1. The van der Waals surface area contributed by atoms with Crippen LogP contribution in [-0.4, -0.2) is 19.7 Å². The molecule has 84 valence electrons. The van der Waals surface area contributed by atoms with Gasteiger partial charge < -0.3 is 5.11 Å². The number of aliphatic hydroxyl groups excluding tert-OH is 1. The fraction of sp³-hybridized carbons (Fsp3) is 0.364. The van der Waals surface area contributed by atoms with Crippen LogP contribution >= 0.6 is 11.5 Å². The van der Waals surface area contributed by atoms with Crippen molar-refractivity contribution in [3.8, 4) is 0 Å². The molecule has 0 bridgehead atoms. The number of aromatic nitrogens is 3. The van der Waals surface area contributed by atoms with Crippen LogP contribution in [0.3, 0.4) is 0 Å². The van der Waals surface area contributed by atoms with Gasteiger partial charge in [-0.1, -0.05) is 24.4 Å². The molecule has 1 N–H and O–H groups in total. The van der Waals surface area contributed by atoms with Crippen LogP contribution < -0.4 is 0 Å². The maximum atomic E-state index is 10.2. The van der Waals surface area contributed by atoms with Crippen molar-refractivity contribution in [1.82, 2.24) is 14.6 Å². The van der Waals surface area contributed by atoms with E-state index in [1.807, 2.05) is 26.0 Å². The van der Waals surface area contributed by atoms with Gasteiger partial charge in [-0.15, -0.1) is 5.10 Å². The first kappa shape index (κ1) is 11.2. The fourth-order valence-electron chi connectivity index (χ4n) is 1.48. The van der Waals surface area contributed by atoms with E-state index in [-0.39, 0.29) is 5.92 Å². The Kier molecular flexibility index (Phi) is 3.26. The number of hydrogen-bond donors (Lipinski definition) is 1. The lowest BCUT2D eigenvalue weighted by molar-refractivity contribution is 0.222. The maximum absolute atomic E-state index is 10.2. The molecule has 0 spiro atoms. The average Bonchev–Trinajstić information content (AvgIpc) is 2.78. The Hall–Kier alpha value is -1.33. The minimum Gasteiger partial charge on any atom is -0.383 e. The highest BCUT2D eigenvalue weighted by molar-refractivity contribution is 7.05. The van der Waals surface area contributed by atoms with Crippen molar-refractivity contribution in [2.75, 3.05) is 0 Å². The van der Waals surface area contributed by atoms with Gasteiger partial charge in [0.05, 0.1) is 10.6 Å². The lowest BCUT2D eigenvalue weighted by Crippen LogP contribution is -2.02. The van der Waals surface area contributed by atoms with Gasteiger partial charge in [0.15, 0.2) is 0 Å². The van der Waals surface area contributed by atoms with Gasteiger partial charge in [-0.25, -0.2) is 0 Å². The van der Waals surface area contributed by atoms with Crippen LogP contribution in [0.25, 0.3) is 0 Å². The smallest absolute Gasteiger partial charge is 0.118 e. The van der Waals surface area contributed by atoms with Gasteiger partial charge in [0.25, 0.3) is 0 Å². The molecule has 0 aliphatic rings. The van der Waals surface area contributed by atoms with Gasteiger partial charge >= 0.3 is 0 Å². The first-order valence-corrected chi connectivity index (χ1v) is 5.87. The predicted molar refractivity (Wildman–Crippen MR) is 62.3 cm³/mol. The molecule has 4 nitrogen and oxygen atoms in total. The minimum atomic E-state index is -0.675. The average molecular weight is 235 g/mol. The van der Waals surface area contributed by atoms with Crippen molar-refractivity contribution in [1.29, 1.82) is 0 Å². The Morgan fingerprint density at radius 3 is 2.81 bits per heavy atom. The van der Waals surface area contributed by atoms with Crippen LogP contribution in [0.2, 0.25) is 0 Å². The van der Waals surface area contributed by atoms with E-state index in [2.05, 4.69) is 14.6 Å². The lowest BCUT2D eigenvalue weighted by atomic mass is 10.0. The van der Waals surface area contributed by atoms with Gasteiger partial charge in [0, 0.05) is 18.0 Å². The van der Waals surface area contributed by atoms with Crippen molar-refractivity contribution in [2.24, 2.45) is 0 Å². The highest BCUT2D eigenvalue weighted by Gasteiger charge is 2.20. The zero-order valence-corrected chi connectivity index (χ0v) is 9.98. The Morgan fingerprint density at radius 2 is 2.19 bits per heavy atom. The summed E-state index contributed by atoms with van der Waals surface area (Å²) in [5, 5.41) is 14.3. The van der Waals surface area contributed by atoms with E-state index in [1.54, 1.807) is 12.4 Å². The monoisotopic (exact) mass is 235 g/mol. The maximum Gasteiger partial charge on any atom is 0.118 e. The second-order valence-corrected chi connectivity index (χ2v) is 4.65. The molecule has 0 fully saturated rings. The van der Waals surface area contributed by atoms with Crippen LogP contribution in [0.1, 0.15) is 42.0 Å². The summed E-state index contributed by atoms with van der Waals surface area (Å²) in [5.74, 6) is 0.264. The zero-order chi connectivity index (χ0) is 11.5. The molecule has 16 heavy (non-hydrogen) atoms. The van der Waals surface area contributed by atoms with Gasteiger partial charge in [-0.2, -0.15) is 0 Å². The molecule has 0 saturated heterocycles. The summed E-state index contributed by atoms with van der Waals surface area (Å²) in [7, 11) is 0. The van der Waals surface area contributed by atoms with Crippen molar-refractivity contribution < 1.29 is 5.11 Å². The lowest BCUT2D eigenvalue weighted by Gasteiger charge is -2.10. The van der Waals surface area contributed by atoms with Crippen LogP contribution in [0, 0.1) is 0 Å². The van der Waals surface area contributed by atoms with Crippen molar-refractivity contribution in [2.45, 2.75) is 25.9 Å². The van der Waals surface area contributed by atoms with E-state index in [0.29, 0.717) is 0 Å². The molecule has 2 aromatic heterocycles.